The van der Waals surface area contributed by atoms with E-state index in [-0.39, 0.29) is 50.9 Å². The molecule has 0 aliphatic rings. The molecule has 7 nitrogen and oxygen atoms in total. The van der Waals surface area contributed by atoms with Crippen molar-refractivity contribution in [2.45, 2.75) is 60.5 Å². The average molecular weight is 724 g/mol. The van der Waals surface area contributed by atoms with Crippen LogP contribution in [-0.4, -0.2) is 131 Å². The molecule has 0 aromatic heterocycles. The van der Waals surface area contributed by atoms with Crippen LogP contribution in [0.4, 0.5) is 74.6 Å². The SMILES string of the molecule is COCCOCCOCCOCC(=O)N(CCCN)CCC(F)(F)C(F)(F)C(F)(F)C(F)(F)C(F)(F)C(F)(F)C(F)(F)C(F)(F)F. The van der Waals surface area contributed by atoms with Gasteiger partial charge in [0.05, 0.1) is 39.6 Å². The second-order valence-corrected chi connectivity index (χ2v) is 9.19. The minimum atomic E-state index is -8.71. The lowest BCUT2D eigenvalue weighted by atomic mass is 9.88. The molecule has 0 unspecified atom stereocenters. The standard InChI is InChI=1S/C22H29F17N2O5/c1-43-7-8-44-9-10-45-11-12-46-13-14(42)41(5-2-4-40)6-3-15(23,24)16(25,26)17(27,28)18(29,30)19(31,32)20(33,34)21(35,36)22(37,38)39/h2-13,40H2,1H3. The molecule has 1 amide bonds. The van der Waals surface area contributed by atoms with Gasteiger partial charge < -0.3 is 29.6 Å². The van der Waals surface area contributed by atoms with Crippen LogP contribution in [0, 0.1) is 0 Å². The number of halogens is 17. The van der Waals surface area contributed by atoms with E-state index in [4.69, 9.17) is 24.7 Å². The van der Waals surface area contributed by atoms with Crippen LogP contribution in [0.25, 0.3) is 0 Å². The van der Waals surface area contributed by atoms with Gasteiger partial charge in [-0.1, -0.05) is 0 Å². The molecule has 0 rings (SSSR count). The molecule has 46 heavy (non-hydrogen) atoms. The lowest BCUT2D eigenvalue weighted by Crippen LogP contribution is -2.74. The lowest BCUT2D eigenvalue weighted by Gasteiger charge is -2.43. The van der Waals surface area contributed by atoms with E-state index in [1.165, 1.54) is 7.11 Å². The van der Waals surface area contributed by atoms with E-state index < -0.39 is 79.7 Å². The number of carbonyl (C=O) groups is 1. The summed E-state index contributed by atoms with van der Waals surface area (Å²) in [5, 5.41) is 0. The van der Waals surface area contributed by atoms with Gasteiger partial charge in [-0.2, -0.15) is 74.6 Å². The Hall–Kier alpha value is -1.92. The Morgan fingerprint density at radius 3 is 1.37 bits per heavy atom. The Bertz CT molecular complexity index is 935. The molecule has 0 aliphatic heterocycles. The third kappa shape index (κ3) is 9.36. The van der Waals surface area contributed by atoms with Gasteiger partial charge >= 0.3 is 47.6 Å². The van der Waals surface area contributed by atoms with E-state index in [0.717, 1.165) is 0 Å². The van der Waals surface area contributed by atoms with Crippen LogP contribution in [0.2, 0.25) is 0 Å². The molecule has 0 aromatic rings. The number of hydrogen-bond acceptors (Lipinski definition) is 6. The number of alkyl halides is 17. The molecule has 0 radical (unpaired) electrons. The van der Waals surface area contributed by atoms with Gasteiger partial charge in [0.25, 0.3) is 0 Å². The number of rotatable bonds is 23. The summed E-state index contributed by atoms with van der Waals surface area (Å²) < 4.78 is 248. The van der Waals surface area contributed by atoms with E-state index in [1.807, 2.05) is 0 Å². The van der Waals surface area contributed by atoms with Crippen molar-refractivity contribution in [3.8, 4) is 0 Å². The lowest BCUT2D eigenvalue weighted by molar-refractivity contribution is -0.461. The van der Waals surface area contributed by atoms with E-state index >= 15 is 0 Å². The molecule has 0 spiro atoms. The molecule has 276 valence electrons. The fraction of sp³-hybridized carbons (Fsp3) is 0.955. The first-order valence-electron chi connectivity index (χ1n) is 12.6. The fourth-order valence-electron chi connectivity index (χ4n) is 3.10. The zero-order valence-corrected chi connectivity index (χ0v) is 23.5. The van der Waals surface area contributed by atoms with Crippen LogP contribution in [-0.2, 0) is 23.7 Å². The maximum absolute atomic E-state index is 14.3. The fourth-order valence-corrected chi connectivity index (χ4v) is 3.10. The second kappa shape index (κ2) is 16.5. The molecule has 2 N–H and O–H groups in total. The van der Waals surface area contributed by atoms with Crippen molar-refractivity contribution in [2.24, 2.45) is 5.73 Å². The Morgan fingerprint density at radius 1 is 0.565 bits per heavy atom. The quantitative estimate of drug-likeness (QED) is 0.115. The first kappa shape index (κ1) is 44.1. The average Bonchev–Trinajstić information content (AvgIpc) is 2.92. The molecular weight excluding hydrogens is 695 g/mol. The van der Waals surface area contributed by atoms with Gasteiger partial charge in [0.2, 0.25) is 5.91 Å². The van der Waals surface area contributed by atoms with Crippen molar-refractivity contribution in [2.75, 3.05) is 73.0 Å². The first-order valence-corrected chi connectivity index (χ1v) is 12.6. The minimum absolute atomic E-state index is 0.0466. The molecule has 24 heteroatoms. The van der Waals surface area contributed by atoms with E-state index in [1.54, 1.807) is 0 Å². The van der Waals surface area contributed by atoms with E-state index in [0.29, 0.717) is 6.61 Å². The number of hydrogen-bond donors (Lipinski definition) is 1. The Balaban J connectivity index is 5.74. The summed E-state index contributed by atoms with van der Waals surface area (Å²) in [7, 11) is 1.43. The second-order valence-electron chi connectivity index (χ2n) is 9.19. The van der Waals surface area contributed by atoms with Crippen molar-refractivity contribution in [3.63, 3.8) is 0 Å². The zero-order chi connectivity index (χ0) is 36.5. The van der Waals surface area contributed by atoms with Gasteiger partial charge in [-0.3, -0.25) is 4.79 Å². The van der Waals surface area contributed by atoms with Crippen LogP contribution in [0.1, 0.15) is 12.8 Å². The van der Waals surface area contributed by atoms with Crippen molar-refractivity contribution < 1.29 is 98.4 Å². The monoisotopic (exact) mass is 724 g/mol. The highest BCUT2D eigenvalue weighted by Gasteiger charge is 2.95. The Kier molecular flexibility index (Phi) is 15.8. The zero-order valence-electron chi connectivity index (χ0n) is 23.5. The van der Waals surface area contributed by atoms with Crippen LogP contribution in [0.5, 0.6) is 0 Å². The highest BCUT2D eigenvalue weighted by Crippen LogP contribution is 2.64. The number of amides is 1. The molecule has 0 aromatic carbocycles. The summed E-state index contributed by atoms with van der Waals surface area (Å²) in [6, 6.07) is 0. The smallest absolute Gasteiger partial charge is 0.382 e. The molecule has 0 bridgehead atoms. The summed E-state index contributed by atoms with van der Waals surface area (Å²) in [5.41, 5.74) is 5.16. The number of nitrogens with zero attached hydrogens (tertiary/aromatic N) is 1. The largest absolute Gasteiger partial charge is 0.460 e. The van der Waals surface area contributed by atoms with Gasteiger partial charge in [0, 0.05) is 26.6 Å². The van der Waals surface area contributed by atoms with Crippen LogP contribution in [0.15, 0.2) is 0 Å². The predicted octanol–water partition coefficient (Wildman–Crippen LogP) is 5.26. The van der Waals surface area contributed by atoms with E-state index in [2.05, 4.69) is 0 Å². The normalized spacial score (nSPS) is 14.6. The third-order valence-electron chi connectivity index (χ3n) is 5.87. The molecular formula is C22H29F17N2O5. The molecule has 0 aliphatic carbocycles. The Labute approximate surface area is 249 Å². The van der Waals surface area contributed by atoms with Gasteiger partial charge in [0.1, 0.15) is 6.61 Å². The molecule has 0 atom stereocenters. The number of carbonyl (C=O) groups excluding carboxylic acids is 1. The maximum atomic E-state index is 14.3. The predicted molar refractivity (Wildman–Crippen MR) is 120 cm³/mol. The maximum Gasteiger partial charge on any atom is 0.460 e. The summed E-state index contributed by atoms with van der Waals surface area (Å²) in [6.45, 7) is -3.50. The molecule has 0 fully saturated rings. The van der Waals surface area contributed by atoms with Crippen molar-refractivity contribution >= 4 is 5.91 Å². The van der Waals surface area contributed by atoms with Crippen LogP contribution in [0.3, 0.4) is 0 Å². The summed E-state index contributed by atoms with van der Waals surface area (Å²) in [4.78, 5) is 12.5. The van der Waals surface area contributed by atoms with Crippen molar-refractivity contribution in [1.29, 1.82) is 0 Å². The summed E-state index contributed by atoms with van der Waals surface area (Å²) in [6.07, 6.45) is -10.9. The minimum Gasteiger partial charge on any atom is -0.382 e. The topological polar surface area (TPSA) is 83.2 Å². The van der Waals surface area contributed by atoms with Crippen molar-refractivity contribution in [1.82, 2.24) is 4.90 Å². The number of nitrogens with two attached hydrogens (primary N) is 1. The van der Waals surface area contributed by atoms with E-state index in [9.17, 15) is 79.4 Å². The number of methoxy groups -OCH3 is 1. The molecule has 0 saturated heterocycles. The van der Waals surface area contributed by atoms with Gasteiger partial charge in [-0.05, 0) is 13.0 Å². The molecule has 0 saturated carbocycles. The van der Waals surface area contributed by atoms with Crippen LogP contribution < -0.4 is 5.73 Å². The Morgan fingerprint density at radius 2 is 0.957 bits per heavy atom. The summed E-state index contributed by atoms with van der Waals surface area (Å²) in [5.74, 6) is -58.3. The third-order valence-corrected chi connectivity index (χ3v) is 5.87. The first-order chi connectivity index (χ1) is 20.7. The van der Waals surface area contributed by atoms with Gasteiger partial charge in [-0.15, -0.1) is 0 Å². The van der Waals surface area contributed by atoms with Crippen molar-refractivity contribution in [3.05, 3.63) is 0 Å². The van der Waals surface area contributed by atoms with Gasteiger partial charge in [-0.25, -0.2) is 0 Å². The summed E-state index contributed by atoms with van der Waals surface area (Å²) >= 11 is 0. The highest BCUT2D eigenvalue weighted by atomic mass is 19.4. The van der Waals surface area contributed by atoms with Gasteiger partial charge in [0.15, 0.2) is 0 Å². The number of ether oxygens (including phenoxy) is 4. The highest BCUT2D eigenvalue weighted by molar-refractivity contribution is 5.77. The molecule has 0 heterocycles. The van der Waals surface area contributed by atoms with Crippen LogP contribution >= 0.6 is 0 Å².